The van der Waals surface area contributed by atoms with Gasteiger partial charge in [-0.2, -0.15) is 0 Å². The molecule has 1 aliphatic heterocycles. The molecule has 5 nitrogen and oxygen atoms in total. The Morgan fingerprint density at radius 3 is 1.00 bits per heavy atom. The standard InChI is InChI=1S/C47H26F5N3O2/c48-41-34(42(49)44(51)45(52)43(41)50)25-53-46(56)39(26-17-21-28(22-18-26)54-35-13-5-1-9-30(35)31-10-2-6-14-36(31)54)40(47(53)57)27-19-23-29(24-20-27)55-37-15-7-3-11-32(37)33-12-4-8-16-38(33)55/h1-24H,25H2. The Labute approximate surface area is 320 Å². The predicted octanol–water partition coefficient (Wildman–Crippen LogP) is 11.1. The third kappa shape index (κ3) is 5.07. The Bertz CT molecular complexity index is 2880. The molecular formula is C47H26F5N3O2. The van der Waals surface area contributed by atoms with Crippen molar-refractivity contribution in [1.82, 2.24) is 14.0 Å². The van der Waals surface area contributed by atoms with E-state index < -0.39 is 53.0 Å². The van der Waals surface area contributed by atoms with Crippen LogP contribution >= 0.6 is 0 Å². The summed E-state index contributed by atoms with van der Waals surface area (Å²) in [4.78, 5) is 29.1. The number of para-hydroxylation sites is 4. The highest BCUT2D eigenvalue weighted by Gasteiger charge is 2.41. The zero-order chi connectivity index (χ0) is 39.1. The van der Waals surface area contributed by atoms with Gasteiger partial charge < -0.3 is 9.13 Å². The lowest BCUT2D eigenvalue weighted by molar-refractivity contribution is -0.136. The number of fused-ring (bicyclic) bond motifs is 6. The quantitative estimate of drug-likeness (QED) is 0.0734. The molecule has 9 aromatic rings. The highest BCUT2D eigenvalue weighted by molar-refractivity contribution is 6.49. The number of halogens is 5. The van der Waals surface area contributed by atoms with E-state index >= 15 is 0 Å². The SMILES string of the molecule is O=C1C(c2ccc(-n3c4ccccc4c4ccccc43)cc2)=C(c2ccc(-n3c4ccccc4c4ccccc43)cc2)C(=O)N1Cc1c(F)c(F)c(F)c(F)c1F. The van der Waals surface area contributed by atoms with Crippen LogP contribution in [-0.4, -0.2) is 25.8 Å². The number of carbonyl (C=O) groups excluding carboxylic acids is 2. The first-order valence-electron chi connectivity index (χ1n) is 18.0. The molecular weight excluding hydrogens is 734 g/mol. The Kier molecular flexibility index (Phi) is 7.72. The number of benzene rings is 7. The summed E-state index contributed by atoms with van der Waals surface area (Å²) in [6.45, 7) is -1.19. The van der Waals surface area contributed by atoms with Crippen LogP contribution in [0.1, 0.15) is 16.7 Å². The van der Waals surface area contributed by atoms with E-state index in [1.165, 1.54) is 0 Å². The maximum atomic E-state index is 15.0. The Morgan fingerprint density at radius 1 is 0.368 bits per heavy atom. The number of amides is 2. The first kappa shape index (κ1) is 34.2. The molecule has 0 radical (unpaired) electrons. The monoisotopic (exact) mass is 759 g/mol. The first-order valence-corrected chi connectivity index (χ1v) is 18.0. The van der Waals surface area contributed by atoms with Crippen LogP contribution in [0.4, 0.5) is 22.0 Å². The van der Waals surface area contributed by atoms with Crippen LogP contribution in [0.15, 0.2) is 146 Å². The number of aromatic nitrogens is 2. The molecule has 7 aromatic carbocycles. The minimum Gasteiger partial charge on any atom is -0.309 e. The number of nitrogens with zero attached hydrogens (tertiary/aromatic N) is 3. The van der Waals surface area contributed by atoms with Crippen LogP contribution in [0.5, 0.6) is 0 Å². The summed E-state index contributed by atoms with van der Waals surface area (Å²) in [5.74, 6) is -12.8. The van der Waals surface area contributed by atoms with Gasteiger partial charge in [-0.15, -0.1) is 0 Å². The van der Waals surface area contributed by atoms with Gasteiger partial charge in [-0.1, -0.05) is 97.1 Å². The van der Waals surface area contributed by atoms with Crippen LogP contribution < -0.4 is 0 Å². The Morgan fingerprint density at radius 2 is 0.667 bits per heavy atom. The van der Waals surface area contributed by atoms with E-state index in [9.17, 15) is 31.5 Å². The van der Waals surface area contributed by atoms with E-state index in [1.807, 2.05) is 97.1 Å². The molecule has 276 valence electrons. The molecule has 10 rings (SSSR count). The maximum Gasteiger partial charge on any atom is 0.262 e. The molecule has 0 aliphatic carbocycles. The summed E-state index contributed by atoms with van der Waals surface area (Å²) in [6.07, 6.45) is 0. The molecule has 10 heteroatoms. The van der Waals surface area contributed by atoms with Crippen molar-refractivity contribution in [3.63, 3.8) is 0 Å². The zero-order valence-electron chi connectivity index (χ0n) is 29.6. The van der Waals surface area contributed by atoms with Crippen LogP contribution in [0, 0.1) is 29.1 Å². The van der Waals surface area contributed by atoms with Gasteiger partial charge in [0.05, 0.1) is 39.8 Å². The average molecular weight is 760 g/mol. The van der Waals surface area contributed by atoms with Crippen LogP contribution in [0.3, 0.4) is 0 Å². The van der Waals surface area contributed by atoms with Gasteiger partial charge in [0.25, 0.3) is 11.8 Å². The van der Waals surface area contributed by atoms with Crippen molar-refractivity contribution in [3.05, 3.63) is 191 Å². The molecule has 0 bridgehead atoms. The van der Waals surface area contributed by atoms with Gasteiger partial charge in [-0.05, 0) is 59.7 Å². The van der Waals surface area contributed by atoms with E-state index in [0.29, 0.717) is 16.0 Å². The van der Waals surface area contributed by atoms with Crippen LogP contribution in [-0.2, 0) is 16.1 Å². The molecule has 0 atom stereocenters. The molecule has 2 aromatic heterocycles. The van der Waals surface area contributed by atoms with Crippen LogP contribution in [0.25, 0.3) is 66.1 Å². The summed E-state index contributed by atoms with van der Waals surface area (Å²) in [6, 6.07) is 45.7. The minimum absolute atomic E-state index is 0.0812. The van der Waals surface area contributed by atoms with Crippen molar-refractivity contribution in [1.29, 1.82) is 0 Å². The molecule has 0 fully saturated rings. The average Bonchev–Trinajstić information content (AvgIpc) is 3.85. The molecule has 0 saturated heterocycles. The minimum atomic E-state index is -2.33. The summed E-state index contributed by atoms with van der Waals surface area (Å²) >= 11 is 0. The number of imide groups is 1. The fourth-order valence-corrected chi connectivity index (χ4v) is 8.16. The number of rotatable bonds is 6. The number of hydrogen-bond donors (Lipinski definition) is 0. The number of carbonyl (C=O) groups is 2. The van der Waals surface area contributed by atoms with E-state index in [-0.39, 0.29) is 11.1 Å². The van der Waals surface area contributed by atoms with Gasteiger partial charge in [0.15, 0.2) is 23.3 Å². The van der Waals surface area contributed by atoms with Crippen molar-refractivity contribution in [2.45, 2.75) is 6.54 Å². The van der Waals surface area contributed by atoms with Crippen molar-refractivity contribution in [2.75, 3.05) is 0 Å². The highest BCUT2D eigenvalue weighted by atomic mass is 19.2. The summed E-state index contributed by atoms with van der Waals surface area (Å²) in [5, 5.41) is 4.19. The third-order valence-corrected chi connectivity index (χ3v) is 10.8. The second-order valence-electron chi connectivity index (χ2n) is 13.8. The summed E-state index contributed by atoms with van der Waals surface area (Å²) in [5.41, 5.74) is 4.53. The van der Waals surface area contributed by atoms with E-state index in [2.05, 4.69) is 9.13 Å². The molecule has 0 spiro atoms. The van der Waals surface area contributed by atoms with Crippen LogP contribution in [0.2, 0.25) is 0 Å². The van der Waals surface area contributed by atoms with Gasteiger partial charge in [-0.3, -0.25) is 14.5 Å². The van der Waals surface area contributed by atoms with E-state index in [0.717, 1.165) is 55.0 Å². The smallest absolute Gasteiger partial charge is 0.262 e. The van der Waals surface area contributed by atoms with Gasteiger partial charge >= 0.3 is 0 Å². The normalized spacial score (nSPS) is 13.4. The van der Waals surface area contributed by atoms with Crippen molar-refractivity contribution in [3.8, 4) is 11.4 Å². The van der Waals surface area contributed by atoms with E-state index in [4.69, 9.17) is 0 Å². The highest BCUT2D eigenvalue weighted by Crippen LogP contribution is 2.40. The molecule has 3 heterocycles. The second kappa shape index (κ2) is 12.9. The van der Waals surface area contributed by atoms with Crippen molar-refractivity contribution in [2.24, 2.45) is 0 Å². The lowest BCUT2D eigenvalue weighted by atomic mass is 9.96. The maximum absolute atomic E-state index is 15.0. The van der Waals surface area contributed by atoms with Gasteiger partial charge in [0, 0.05) is 38.5 Å². The summed E-state index contributed by atoms with van der Waals surface area (Å²) in [7, 11) is 0. The second-order valence-corrected chi connectivity index (χ2v) is 13.8. The van der Waals surface area contributed by atoms with Gasteiger partial charge in [-0.25, -0.2) is 22.0 Å². The van der Waals surface area contributed by atoms with Crippen molar-refractivity contribution < 1.29 is 31.5 Å². The number of hydrogen-bond acceptors (Lipinski definition) is 2. The third-order valence-electron chi connectivity index (χ3n) is 10.8. The fraction of sp³-hybridized carbons (Fsp3) is 0.0213. The molecule has 57 heavy (non-hydrogen) atoms. The van der Waals surface area contributed by atoms with Gasteiger partial charge in [0.1, 0.15) is 0 Å². The molecule has 2 amide bonds. The lowest BCUT2D eigenvalue weighted by Gasteiger charge is -2.17. The molecule has 0 saturated carbocycles. The Balaban J connectivity index is 1.11. The predicted molar refractivity (Wildman–Crippen MR) is 210 cm³/mol. The Hall–Kier alpha value is -7.33. The zero-order valence-corrected chi connectivity index (χ0v) is 29.6. The topological polar surface area (TPSA) is 47.2 Å². The molecule has 0 unspecified atom stereocenters. The molecule has 0 N–H and O–H groups in total. The fourth-order valence-electron chi connectivity index (χ4n) is 8.16. The first-order chi connectivity index (χ1) is 27.7. The lowest BCUT2D eigenvalue weighted by Crippen LogP contribution is -2.32. The largest absolute Gasteiger partial charge is 0.309 e. The summed E-state index contributed by atoms with van der Waals surface area (Å²) < 4.78 is 76.6. The van der Waals surface area contributed by atoms with Gasteiger partial charge in [0.2, 0.25) is 5.82 Å². The molecule has 1 aliphatic rings. The van der Waals surface area contributed by atoms with Crippen molar-refractivity contribution >= 4 is 66.6 Å². The van der Waals surface area contributed by atoms with E-state index in [1.54, 1.807) is 48.5 Å².